The molecule has 0 spiro atoms. The summed E-state index contributed by atoms with van der Waals surface area (Å²) in [6.07, 6.45) is 0.842. The topological polar surface area (TPSA) is 107 Å². The van der Waals surface area contributed by atoms with Crippen molar-refractivity contribution in [2.45, 2.75) is 12.8 Å². The molecule has 7 heteroatoms. The van der Waals surface area contributed by atoms with Crippen LogP contribution >= 0.6 is 0 Å². The zero-order chi connectivity index (χ0) is 20.4. The number of benzene rings is 2. The summed E-state index contributed by atoms with van der Waals surface area (Å²) in [6, 6.07) is 18.4. The number of carbonyl (C=O) groups excluding carboxylic acids is 2. The Morgan fingerprint density at radius 1 is 0.929 bits per heavy atom. The number of amides is 2. The summed E-state index contributed by atoms with van der Waals surface area (Å²) in [5, 5.41) is 22.0. The summed E-state index contributed by atoms with van der Waals surface area (Å²) in [5.41, 5.74) is 1.74. The molecule has 148 valence electrons. The number of hydroxylamine groups is 2. The molecule has 0 saturated heterocycles. The maximum absolute atomic E-state index is 12.6. The van der Waals surface area contributed by atoms with Crippen molar-refractivity contribution in [3.05, 3.63) is 71.8 Å². The Balaban J connectivity index is 2.01. The standard InChI is InChI=1S/C21H24N2O5/c24-15-23(28)14-19(12-17-9-5-2-6-10-17)20(25)22-13-18(21(26)27)11-16-7-3-1-4-8-16/h1-10,15,18-19,28H,11-14H2,(H,22,25)(H,26,27)/t18-,19-/m0/s1. The predicted molar refractivity (Wildman–Crippen MR) is 102 cm³/mol. The first-order valence-electron chi connectivity index (χ1n) is 8.98. The number of carboxylic acids is 1. The lowest BCUT2D eigenvalue weighted by molar-refractivity contribution is -0.154. The first kappa shape index (κ1) is 21.1. The molecule has 28 heavy (non-hydrogen) atoms. The van der Waals surface area contributed by atoms with Gasteiger partial charge in [0.1, 0.15) is 0 Å². The van der Waals surface area contributed by atoms with Crippen molar-refractivity contribution in [3.8, 4) is 0 Å². The molecule has 2 amide bonds. The lowest BCUT2D eigenvalue weighted by Crippen LogP contribution is -2.42. The van der Waals surface area contributed by atoms with Crippen LogP contribution in [0.1, 0.15) is 11.1 Å². The Kier molecular flexibility index (Phi) is 8.17. The third kappa shape index (κ3) is 6.85. The molecule has 0 unspecified atom stereocenters. The van der Waals surface area contributed by atoms with Crippen LogP contribution in [0.2, 0.25) is 0 Å². The molecule has 2 rings (SSSR count). The summed E-state index contributed by atoms with van der Waals surface area (Å²) in [4.78, 5) is 34.9. The highest BCUT2D eigenvalue weighted by Crippen LogP contribution is 2.12. The molecule has 0 aliphatic heterocycles. The summed E-state index contributed by atoms with van der Waals surface area (Å²) in [6.45, 7) is -0.221. The van der Waals surface area contributed by atoms with E-state index in [-0.39, 0.29) is 19.5 Å². The van der Waals surface area contributed by atoms with Crippen LogP contribution in [0.3, 0.4) is 0 Å². The Morgan fingerprint density at radius 3 is 1.89 bits per heavy atom. The monoisotopic (exact) mass is 384 g/mol. The number of hydrogen-bond acceptors (Lipinski definition) is 4. The molecule has 2 aromatic carbocycles. The first-order chi connectivity index (χ1) is 13.5. The molecular weight excluding hydrogens is 360 g/mol. The van der Waals surface area contributed by atoms with Gasteiger partial charge in [-0.15, -0.1) is 0 Å². The van der Waals surface area contributed by atoms with Crippen LogP contribution in [0.5, 0.6) is 0 Å². The van der Waals surface area contributed by atoms with Gasteiger partial charge in [-0.2, -0.15) is 0 Å². The van der Waals surface area contributed by atoms with Crippen molar-refractivity contribution in [3.63, 3.8) is 0 Å². The van der Waals surface area contributed by atoms with E-state index < -0.39 is 23.7 Å². The SMILES string of the molecule is O=CN(O)C[C@H](Cc1ccccc1)C(=O)NC[C@H](Cc1ccccc1)C(=O)O. The fourth-order valence-corrected chi connectivity index (χ4v) is 2.92. The van der Waals surface area contributed by atoms with Gasteiger partial charge in [-0.25, -0.2) is 5.06 Å². The molecule has 0 aliphatic carbocycles. The van der Waals surface area contributed by atoms with Gasteiger partial charge in [-0.1, -0.05) is 60.7 Å². The Morgan fingerprint density at radius 2 is 1.43 bits per heavy atom. The average molecular weight is 384 g/mol. The number of carboxylic acid groups (broad SMARTS) is 1. The van der Waals surface area contributed by atoms with Crippen LogP contribution in [0, 0.1) is 11.8 Å². The fraction of sp³-hybridized carbons (Fsp3) is 0.286. The second-order valence-electron chi connectivity index (χ2n) is 6.58. The van der Waals surface area contributed by atoms with Crippen molar-refractivity contribution < 1.29 is 24.7 Å². The number of carbonyl (C=O) groups is 3. The fourth-order valence-electron chi connectivity index (χ4n) is 2.92. The van der Waals surface area contributed by atoms with Crippen LogP contribution in [0.4, 0.5) is 0 Å². The van der Waals surface area contributed by atoms with Crippen LogP contribution in [0.15, 0.2) is 60.7 Å². The lowest BCUT2D eigenvalue weighted by Gasteiger charge is -2.21. The molecule has 0 bridgehead atoms. The van der Waals surface area contributed by atoms with E-state index in [4.69, 9.17) is 0 Å². The van der Waals surface area contributed by atoms with E-state index in [0.717, 1.165) is 11.1 Å². The van der Waals surface area contributed by atoms with Gasteiger partial charge in [0.05, 0.1) is 18.4 Å². The third-order valence-electron chi connectivity index (χ3n) is 4.42. The van der Waals surface area contributed by atoms with Gasteiger partial charge in [-0.3, -0.25) is 19.6 Å². The quantitative estimate of drug-likeness (QED) is 0.311. The molecule has 0 aromatic heterocycles. The van der Waals surface area contributed by atoms with Gasteiger partial charge >= 0.3 is 5.97 Å². The van der Waals surface area contributed by atoms with E-state index in [0.29, 0.717) is 17.9 Å². The van der Waals surface area contributed by atoms with Crippen molar-refractivity contribution >= 4 is 18.3 Å². The predicted octanol–water partition coefficient (Wildman–Crippen LogP) is 1.75. The molecule has 0 radical (unpaired) electrons. The number of nitrogens with zero attached hydrogens (tertiary/aromatic N) is 1. The minimum Gasteiger partial charge on any atom is -0.481 e. The average Bonchev–Trinajstić information content (AvgIpc) is 2.71. The Hall–Kier alpha value is -3.19. The highest BCUT2D eigenvalue weighted by Gasteiger charge is 2.24. The molecule has 0 fully saturated rings. The zero-order valence-electron chi connectivity index (χ0n) is 15.4. The van der Waals surface area contributed by atoms with Gasteiger partial charge in [-0.05, 0) is 24.0 Å². The van der Waals surface area contributed by atoms with E-state index in [9.17, 15) is 24.7 Å². The number of rotatable bonds is 11. The molecule has 3 N–H and O–H groups in total. The highest BCUT2D eigenvalue weighted by atomic mass is 16.5. The summed E-state index contributed by atoms with van der Waals surface area (Å²) in [7, 11) is 0. The van der Waals surface area contributed by atoms with Crippen molar-refractivity contribution in [1.82, 2.24) is 10.4 Å². The molecule has 2 atom stereocenters. The largest absolute Gasteiger partial charge is 0.481 e. The summed E-state index contributed by atoms with van der Waals surface area (Å²) < 4.78 is 0. The first-order valence-corrected chi connectivity index (χ1v) is 8.98. The molecule has 0 aliphatic rings. The smallest absolute Gasteiger partial charge is 0.308 e. The number of nitrogens with one attached hydrogen (secondary N) is 1. The van der Waals surface area contributed by atoms with E-state index in [2.05, 4.69) is 5.32 Å². The van der Waals surface area contributed by atoms with Gasteiger partial charge < -0.3 is 10.4 Å². The molecule has 0 saturated carbocycles. The van der Waals surface area contributed by atoms with Crippen molar-refractivity contribution in [1.29, 1.82) is 0 Å². The molecular formula is C21H24N2O5. The van der Waals surface area contributed by atoms with Gasteiger partial charge in [0.15, 0.2) is 0 Å². The maximum atomic E-state index is 12.6. The van der Waals surface area contributed by atoms with Crippen molar-refractivity contribution in [2.75, 3.05) is 13.1 Å². The zero-order valence-corrected chi connectivity index (χ0v) is 15.4. The van der Waals surface area contributed by atoms with Crippen LogP contribution < -0.4 is 5.32 Å². The highest BCUT2D eigenvalue weighted by molar-refractivity contribution is 5.80. The van der Waals surface area contributed by atoms with Gasteiger partial charge in [0.25, 0.3) is 0 Å². The normalized spacial score (nSPS) is 12.6. The van der Waals surface area contributed by atoms with E-state index in [1.165, 1.54) is 0 Å². The van der Waals surface area contributed by atoms with Crippen molar-refractivity contribution in [2.24, 2.45) is 11.8 Å². The number of hydrogen-bond donors (Lipinski definition) is 3. The molecule has 0 heterocycles. The maximum Gasteiger partial charge on any atom is 0.308 e. The van der Waals surface area contributed by atoms with E-state index >= 15 is 0 Å². The Labute approximate surface area is 163 Å². The summed E-state index contributed by atoms with van der Waals surface area (Å²) >= 11 is 0. The van der Waals surface area contributed by atoms with E-state index in [1.54, 1.807) is 0 Å². The van der Waals surface area contributed by atoms with Gasteiger partial charge in [0, 0.05) is 6.54 Å². The second-order valence-corrected chi connectivity index (χ2v) is 6.58. The second kappa shape index (κ2) is 10.8. The molecule has 7 nitrogen and oxygen atoms in total. The van der Waals surface area contributed by atoms with Crippen LogP contribution in [-0.2, 0) is 27.2 Å². The van der Waals surface area contributed by atoms with Crippen LogP contribution in [-0.4, -0.2) is 46.8 Å². The lowest BCUT2D eigenvalue weighted by atomic mass is 9.96. The summed E-state index contributed by atoms with van der Waals surface area (Å²) in [5.74, 6) is -2.90. The minimum absolute atomic E-state index is 0.0408. The van der Waals surface area contributed by atoms with Gasteiger partial charge in [0.2, 0.25) is 12.3 Å². The Bertz CT molecular complexity index is 767. The third-order valence-corrected chi connectivity index (χ3v) is 4.42. The molecule has 2 aromatic rings. The van der Waals surface area contributed by atoms with Crippen LogP contribution in [0.25, 0.3) is 0 Å². The minimum atomic E-state index is -1.000. The van der Waals surface area contributed by atoms with E-state index in [1.807, 2.05) is 60.7 Å². The number of aliphatic carboxylic acids is 1.